The average molecular weight is 430 g/mol. The summed E-state index contributed by atoms with van der Waals surface area (Å²) in [5, 5.41) is 0. The van der Waals surface area contributed by atoms with Gasteiger partial charge in [-0.05, 0) is 48.2 Å². The van der Waals surface area contributed by atoms with Crippen LogP contribution in [0.15, 0.2) is 53.4 Å². The van der Waals surface area contributed by atoms with Gasteiger partial charge in [0.1, 0.15) is 5.75 Å². The van der Waals surface area contributed by atoms with Gasteiger partial charge in [-0.1, -0.05) is 24.3 Å². The lowest BCUT2D eigenvalue weighted by Crippen LogP contribution is -2.48. The lowest BCUT2D eigenvalue weighted by molar-refractivity contribution is -0.127. The Hall–Kier alpha value is -2.91. The van der Waals surface area contributed by atoms with Crippen molar-refractivity contribution in [3.05, 3.63) is 48.5 Å². The summed E-state index contributed by atoms with van der Waals surface area (Å²) in [6.07, 6.45) is 0.143. The van der Waals surface area contributed by atoms with Gasteiger partial charge in [0, 0.05) is 19.1 Å². The van der Waals surface area contributed by atoms with Gasteiger partial charge in [-0.2, -0.15) is 4.31 Å². The molecule has 9 heteroatoms. The van der Waals surface area contributed by atoms with Gasteiger partial charge in [-0.25, -0.2) is 18.1 Å². The van der Waals surface area contributed by atoms with Gasteiger partial charge in [0.25, 0.3) is 5.91 Å². The quantitative estimate of drug-likeness (QED) is 0.724. The van der Waals surface area contributed by atoms with Crippen LogP contribution in [0.25, 0.3) is 11.1 Å². The topological polar surface area (TPSA) is 93.2 Å². The Morgan fingerprint density at radius 3 is 2.00 bits per heavy atom. The maximum atomic E-state index is 13.0. The molecule has 0 bridgehead atoms. The van der Waals surface area contributed by atoms with Crippen molar-refractivity contribution < 1.29 is 27.5 Å². The Kier molecular flexibility index (Phi) is 5.48. The maximum Gasteiger partial charge on any atom is 0.417 e. The highest BCUT2D eigenvalue weighted by Crippen LogP contribution is 2.28. The minimum atomic E-state index is -3.65. The molecule has 158 valence electrons. The second kappa shape index (κ2) is 8.08. The monoisotopic (exact) mass is 430 g/mol. The first-order valence-electron chi connectivity index (χ1n) is 9.63. The van der Waals surface area contributed by atoms with Gasteiger partial charge >= 0.3 is 6.09 Å². The van der Waals surface area contributed by atoms with Gasteiger partial charge in [-0.3, -0.25) is 4.79 Å². The zero-order valence-corrected chi connectivity index (χ0v) is 17.3. The molecule has 2 saturated heterocycles. The molecule has 0 saturated carbocycles. The van der Waals surface area contributed by atoms with Crippen LogP contribution in [0.3, 0.4) is 0 Å². The Balaban J connectivity index is 1.45. The third kappa shape index (κ3) is 3.78. The fourth-order valence-corrected chi connectivity index (χ4v) is 5.28. The number of hydrogen-bond donors (Lipinski definition) is 0. The summed E-state index contributed by atoms with van der Waals surface area (Å²) >= 11 is 0. The fraction of sp³-hybridized carbons (Fsp3) is 0.333. The smallest absolute Gasteiger partial charge is 0.417 e. The van der Waals surface area contributed by atoms with E-state index in [4.69, 9.17) is 9.47 Å². The fourth-order valence-electron chi connectivity index (χ4n) is 3.81. The first-order chi connectivity index (χ1) is 14.4. The lowest BCUT2D eigenvalue weighted by Gasteiger charge is -2.34. The van der Waals surface area contributed by atoms with Gasteiger partial charge in [-0.15, -0.1) is 0 Å². The lowest BCUT2D eigenvalue weighted by atomic mass is 10.1. The van der Waals surface area contributed by atoms with Crippen molar-refractivity contribution in [2.24, 2.45) is 0 Å². The molecule has 2 fully saturated rings. The minimum Gasteiger partial charge on any atom is -0.497 e. The van der Waals surface area contributed by atoms with E-state index in [1.165, 1.54) is 4.31 Å². The molecule has 0 atom stereocenters. The highest BCUT2D eigenvalue weighted by Gasteiger charge is 2.40. The standard InChI is InChI=1S/C21H22N2O6S/c1-28-18-6-2-15(3-7-18)16-4-8-19(9-5-16)30(26,27)22-12-10-17(11-13-22)23-20(24)14-29-21(23)25/h2-9,17H,10-14H2,1H3. The van der Waals surface area contributed by atoms with Crippen LogP contribution in [0, 0.1) is 0 Å². The van der Waals surface area contributed by atoms with E-state index in [0.717, 1.165) is 21.8 Å². The van der Waals surface area contributed by atoms with E-state index < -0.39 is 16.1 Å². The summed E-state index contributed by atoms with van der Waals surface area (Å²) in [5.41, 5.74) is 1.86. The van der Waals surface area contributed by atoms with Crippen molar-refractivity contribution in [2.45, 2.75) is 23.8 Å². The number of piperidine rings is 1. The summed E-state index contributed by atoms with van der Waals surface area (Å²) in [7, 11) is -2.05. The molecule has 2 aromatic rings. The maximum absolute atomic E-state index is 13.0. The van der Waals surface area contributed by atoms with Crippen LogP contribution in [-0.2, 0) is 19.6 Å². The third-order valence-electron chi connectivity index (χ3n) is 5.49. The van der Waals surface area contributed by atoms with E-state index in [0.29, 0.717) is 12.8 Å². The second-order valence-corrected chi connectivity index (χ2v) is 9.14. The first-order valence-corrected chi connectivity index (χ1v) is 11.1. The molecule has 8 nitrogen and oxygen atoms in total. The molecule has 0 aliphatic carbocycles. The van der Waals surface area contributed by atoms with Crippen LogP contribution in [0.4, 0.5) is 4.79 Å². The van der Waals surface area contributed by atoms with Crippen LogP contribution in [0.5, 0.6) is 5.75 Å². The molecule has 2 aromatic carbocycles. The van der Waals surface area contributed by atoms with Crippen molar-refractivity contribution in [3.63, 3.8) is 0 Å². The van der Waals surface area contributed by atoms with Crippen molar-refractivity contribution in [2.75, 3.05) is 26.8 Å². The largest absolute Gasteiger partial charge is 0.497 e. The second-order valence-electron chi connectivity index (χ2n) is 7.21. The number of amides is 2. The van der Waals surface area contributed by atoms with Crippen molar-refractivity contribution in [3.8, 4) is 16.9 Å². The van der Waals surface area contributed by atoms with E-state index in [2.05, 4.69) is 0 Å². The van der Waals surface area contributed by atoms with E-state index in [-0.39, 0.29) is 36.5 Å². The van der Waals surface area contributed by atoms with Gasteiger partial charge in [0.15, 0.2) is 6.61 Å². The molecule has 0 unspecified atom stereocenters. The van der Waals surface area contributed by atoms with Crippen molar-refractivity contribution >= 4 is 22.0 Å². The minimum absolute atomic E-state index is 0.217. The number of imide groups is 1. The van der Waals surface area contributed by atoms with Crippen molar-refractivity contribution in [1.82, 2.24) is 9.21 Å². The molecule has 2 heterocycles. The number of ether oxygens (including phenoxy) is 2. The van der Waals surface area contributed by atoms with Crippen LogP contribution in [0.1, 0.15) is 12.8 Å². The molecule has 4 rings (SSSR count). The number of hydrogen-bond acceptors (Lipinski definition) is 6. The van der Waals surface area contributed by atoms with Gasteiger partial charge in [0.05, 0.1) is 12.0 Å². The molecule has 0 N–H and O–H groups in total. The highest BCUT2D eigenvalue weighted by atomic mass is 32.2. The highest BCUT2D eigenvalue weighted by molar-refractivity contribution is 7.89. The number of carbonyl (C=O) groups is 2. The van der Waals surface area contributed by atoms with Crippen LogP contribution in [0.2, 0.25) is 0 Å². The zero-order chi connectivity index (χ0) is 21.3. The number of nitrogens with zero attached hydrogens (tertiary/aromatic N) is 2. The Morgan fingerprint density at radius 1 is 0.933 bits per heavy atom. The van der Waals surface area contributed by atoms with E-state index >= 15 is 0 Å². The molecular weight excluding hydrogens is 408 g/mol. The predicted octanol–water partition coefficient (Wildman–Crippen LogP) is 2.49. The number of cyclic esters (lactones) is 1. The summed E-state index contributed by atoms with van der Waals surface area (Å²) in [4.78, 5) is 24.9. The van der Waals surface area contributed by atoms with Gasteiger partial charge in [0.2, 0.25) is 10.0 Å². The zero-order valence-electron chi connectivity index (χ0n) is 16.5. The summed E-state index contributed by atoms with van der Waals surface area (Å²) in [6.45, 7) is 0.243. The van der Waals surface area contributed by atoms with E-state index in [1.54, 1.807) is 31.4 Å². The Morgan fingerprint density at radius 2 is 1.50 bits per heavy atom. The summed E-state index contributed by atoms with van der Waals surface area (Å²) in [5.74, 6) is 0.390. The SMILES string of the molecule is COc1ccc(-c2ccc(S(=O)(=O)N3CCC(N4C(=O)COC4=O)CC3)cc2)cc1. The molecule has 0 aromatic heterocycles. The Labute approximate surface area is 175 Å². The molecule has 2 aliphatic rings. The van der Waals surface area contributed by atoms with Crippen LogP contribution < -0.4 is 4.74 Å². The third-order valence-corrected chi connectivity index (χ3v) is 7.40. The molecule has 30 heavy (non-hydrogen) atoms. The average Bonchev–Trinajstić information content (AvgIpc) is 3.12. The van der Waals surface area contributed by atoms with Gasteiger partial charge < -0.3 is 9.47 Å². The van der Waals surface area contributed by atoms with E-state index in [1.807, 2.05) is 24.3 Å². The first kappa shape index (κ1) is 20.4. The molecule has 2 aliphatic heterocycles. The molecule has 0 radical (unpaired) electrons. The van der Waals surface area contributed by atoms with Crippen LogP contribution in [-0.4, -0.2) is 62.5 Å². The predicted molar refractivity (Wildman–Crippen MR) is 108 cm³/mol. The normalized spacial score (nSPS) is 18.5. The molecular formula is C21H22N2O6S. The number of sulfonamides is 1. The summed E-state index contributed by atoms with van der Waals surface area (Å²) < 4.78 is 37.3. The number of rotatable bonds is 5. The van der Waals surface area contributed by atoms with Crippen LogP contribution >= 0.6 is 0 Å². The number of carbonyl (C=O) groups excluding carboxylic acids is 2. The van der Waals surface area contributed by atoms with Crippen molar-refractivity contribution in [1.29, 1.82) is 0 Å². The number of benzene rings is 2. The number of methoxy groups -OCH3 is 1. The van der Waals surface area contributed by atoms with E-state index in [9.17, 15) is 18.0 Å². The Bertz CT molecular complexity index is 1030. The molecule has 2 amide bonds. The summed E-state index contributed by atoms with van der Waals surface area (Å²) in [6, 6.07) is 14.0. The molecule has 0 spiro atoms.